The summed E-state index contributed by atoms with van der Waals surface area (Å²) < 4.78 is 11.7. The van der Waals surface area contributed by atoms with E-state index in [-0.39, 0.29) is 11.8 Å². The Hall–Kier alpha value is -2.72. The third-order valence-corrected chi connectivity index (χ3v) is 6.23. The fraction of sp³-hybridized carbons (Fsp3) is 0.167. The van der Waals surface area contributed by atoms with Crippen LogP contribution in [0.1, 0.15) is 16.8 Å². The van der Waals surface area contributed by atoms with Crippen LogP contribution < -0.4 is 20.1 Å². The first-order valence-corrected chi connectivity index (χ1v) is 11.9. The molecule has 0 saturated heterocycles. The molecule has 0 spiro atoms. The predicted molar refractivity (Wildman–Crippen MR) is 137 cm³/mol. The smallest absolute Gasteiger partial charge is 0.255 e. The molecule has 0 atom stereocenters. The maximum Gasteiger partial charge on any atom is 0.255 e. The van der Waals surface area contributed by atoms with E-state index < -0.39 is 0 Å². The molecule has 3 aromatic rings. The lowest BCUT2D eigenvalue weighted by molar-refractivity contribution is -0.115. The number of nitrogens with one attached hydrogen (secondary N) is 2. The highest BCUT2D eigenvalue weighted by molar-refractivity contribution is 14.1. The number of rotatable bonds is 9. The van der Waals surface area contributed by atoms with Crippen molar-refractivity contribution in [2.24, 2.45) is 0 Å². The van der Waals surface area contributed by atoms with E-state index >= 15 is 0 Å². The molecule has 6 nitrogen and oxygen atoms in total. The van der Waals surface area contributed by atoms with Gasteiger partial charge in [-0.05, 0) is 83.3 Å². The Morgan fingerprint density at radius 3 is 2.28 bits per heavy atom. The summed E-state index contributed by atoms with van der Waals surface area (Å²) in [7, 11) is 3.09. The van der Waals surface area contributed by atoms with Crippen molar-refractivity contribution in [2.75, 3.05) is 30.6 Å². The van der Waals surface area contributed by atoms with Crippen molar-refractivity contribution in [3.8, 4) is 11.5 Å². The third-order valence-electron chi connectivity index (χ3n) is 4.50. The molecule has 0 unspecified atom stereocenters. The number of anilines is 2. The second kappa shape index (κ2) is 11.8. The molecule has 2 amide bonds. The fourth-order valence-electron chi connectivity index (χ4n) is 2.83. The quantitative estimate of drug-likeness (QED) is 0.259. The van der Waals surface area contributed by atoms with E-state index in [9.17, 15) is 9.59 Å². The summed E-state index contributed by atoms with van der Waals surface area (Å²) in [5.74, 6) is 1.48. The number of benzene rings is 3. The highest BCUT2D eigenvalue weighted by Crippen LogP contribution is 2.29. The average molecular weight is 562 g/mol. The van der Waals surface area contributed by atoms with E-state index in [1.54, 1.807) is 61.3 Å². The maximum atomic E-state index is 12.6. The van der Waals surface area contributed by atoms with Crippen LogP contribution in [0.15, 0.2) is 71.6 Å². The van der Waals surface area contributed by atoms with Gasteiger partial charge in [-0.25, -0.2) is 0 Å². The van der Waals surface area contributed by atoms with Gasteiger partial charge in [-0.2, -0.15) is 0 Å². The van der Waals surface area contributed by atoms with Crippen molar-refractivity contribution in [1.82, 2.24) is 0 Å². The Kier molecular flexibility index (Phi) is 8.81. The lowest BCUT2D eigenvalue weighted by atomic mass is 10.1. The Balaban J connectivity index is 1.52. The molecule has 32 heavy (non-hydrogen) atoms. The lowest BCUT2D eigenvalue weighted by Crippen LogP contribution is -2.14. The van der Waals surface area contributed by atoms with Gasteiger partial charge in [0.1, 0.15) is 11.5 Å². The predicted octanol–water partition coefficient (Wildman–Crippen LogP) is 5.68. The molecule has 0 aliphatic rings. The molecule has 0 aliphatic carbocycles. The summed E-state index contributed by atoms with van der Waals surface area (Å²) in [6.07, 6.45) is 0.397. The van der Waals surface area contributed by atoms with Crippen LogP contribution in [-0.2, 0) is 4.79 Å². The fourth-order valence-corrected chi connectivity index (χ4v) is 4.04. The molecule has 0 saturated carbocycles. The van der Waals surface area contributed by atoms with Crippen LogP contribution in [0.25, 0.3) is 0 Å². The standard InChI is InChI=1S/C24H23IN2O4S/c1-30-19-9-12-22(31-2)21(15-19)27-24(29)16-3-7-18(8-4-16)26-23(28)13-14-32-20-10-5-17(25)6-11-20/h3-12,15H,13-14H2,1-2H3,(H,26,28)(H,27,29). The molecule has 0 fully saturated rings. The molecule has 166 valence electrons. The van der Waals surface area contributed by atoms with Crippen LogP contribution in [0, 0.1) is 3.57 Å². The number of carbonyl (C=O) groups is 2. The highest BCUT2D eigenvalue weighted by atomic mass is 127. The van der Waals surface area contributed by atoms with Crippen LogP contribution in [0.2, 0.25) is 0 Å². The summed E-state index contributed by atoms with van der Waals surface area (Å²) in [5.41, 5.74) is 1.62. The molecule has 0 aromatic heterocycles. The minimum atomic E-state index is -0.289. The van der Waals surface area contributed by atoms with E-state index in [4.69, 9.17) is 9.47 Å². The maximum absolute atomic E-state index is 12.6. The Morgan fingerprint density at radius 1 is 0.906 bits per heavy atom. The molecular weight excluding hydrogens is 539 g/mol. The molecule has 0 radical (unpaired) electrons. The lowest BCUT2D eigenvalue weighted by Gasteiger charge is -2.12. The monoisotopic (exact) mass is 562 g/mol. The molecule has 8 heteroatoms. The first-order chi connectivity index (χ1) is 15.5. The second-order valence-corrected chi connectivity index (χ2v) is 9.11. The van der Waals surface area contributed by atoms with Crippen LogP contribution in [-0.4, -0.2) is 31.8 Å². The van der Waals surface area contributed by atoms with E-state index in [0.717, 1.165) is 4.90 Å². The summed E-state index contributed by atoms with van der Waals surface area (Å²) >= 11 is 3.91. The first kappa shape index (κ1) is 23.9. The number of ether oxygens (including phenoxy) is 2. The van der Waals surface area contributed by atoms with Gasteiger partial charge >= 0.3 is 0 Å². The molecule has 0 heterocycles. The molecule has 3 aromatic carbocycles. The number of thioether (sulfide) groups is 1. The molecule has 3 rings (SSSR count). The Labute approximate surface area is 205 Å². The van der Waals surface area contributed by atoms with Crippen LogP contribution in [0.4, 0.5) is 11.4 Å². The molecular formula is C24H23IN2O4S. The van der Waals surface area contributed by atoms with Gasteiger partial charge in [0.2, 0.25) is 5.91 Å². The number of hydrogen-bond donors (Lipinski definition) is 2. The van der Waals surface area contributed by atoms with Gasteiger partial charge in [0.05, 0.1) is 19.9 Å². The molecule has 2 N–H and O–H groups in total. The van der Waals surface area contributed by atoms with Crippen molar-refractivity contribution < 1.29 is 19.1 Å². The van der Waals surface area contributed by atoms with E-state index in [0.29, 0.717) is 40.6 Å². The van der Waals surface area contributed by atoms with Crippen LogP contribution >= 0.6 is 34.4 Å². The van der Waals surface area contributed by atoms with Gasteiger partial charge in [-0.3, -0.25) is 9.59 Å². The second-order valence-electron chi connectivity index (χ2n) is 6.70. The zero-order valence-electron chi connectivity index (χ0n) is 17.7. The number of amides is 2. The van der Waals surface area contributed by atoms with Gasteiger partial charge in [0, 0.05) is 38.0 Å². The van der Waals surface area contributed by atoms with Gasteiger partial charge in [0.25, 0.3) is 5.91 Å². The van der Waals surface area contributed by atoms with Crippen molar-refractivity contribution >= 4 is 57.5 Å². The number of methoxy groups -OCH3 is 2. The van der Waals surface area contributed by atoms with Gasteiger partial charge in [-0.1, -0.05) is 0 Å². The average Bonchev–Trinajstić information content (AvgIpc) is 2.80. The summed E-state index contributed by atoms with van der Waals surface area (Å²) in [6.45, 7) is 0. The van der Waals surface area contributed by atoms with Crippen LogP contribution in [0.3, 0.4) is 0 Å². The van der Waals surface area contributed by atoms with Crippen molar-refractivity contribution in [3.05, 3.63) is 75.9 Å². The minimum Gasteiger partial charge on any atom is -0.497 e. The highest BCUT2D eigenvalue weighted by Gasteiger charge is 2.12. The van der Waals surface area contributed by atoms with Gasteiger partial charge < -0.3 is 20.1 Å². The summed E-state index contributed by atoms with van der Waals surface area (Å²) in [4.78, 5) is 26.0. The topological polar surface area (TPSA) is 76.7 Å². The number of halogens is 1. The summed E-state index contributed by atoms with van der Waals surface area (Å²) in [5, 5.41) is 5.69. The Morgan fingerprint density at radius 2 is 1.62 bits per heavy atom. The largest absolute Gasteiger partial charge is 0.497 e. The Bertz CT molecular complexity index is 1070. The normalized spacial score (nSPS) is 10.3. The van der Waals surface area contributed by atoms with E-state index in [2.05, 4.69) is 45.4 Å². The SMILES string of the molecule is COc1ccc(OC)c(NC(=O)c2ccc(NC(=O)CCSc3ccc(I)cc3)cc2)c1. The zero-order chi connectivity index (χ0) is 22.9. The third kappa shape index (κ3) is 6.89. The van der Waals surface area contributed by atoms with Gasteiger partial charge in [-0.15, -0.1) is 11.8 Å². The summed E-state index contributed by atoms with van der Waals surface area (Å²) in [6, 6.07) is 20.1. The van der Waals surface area contributed by atoms with Gasteiger partial charge in [0.15, 0.2) is 0 Å². The van der Waals surface area contributed by atoms with Crippen molar-refractivity contribution in [3.63, 3.8) is 0 Å². The van der Waals surface area contributed by atoms with Crippen molar-refractivity contribution in [1.29, 1.82) is 0 Å². The van der Waals surface area contributed by atoms with Crippen LogP contribution in [0.5, 0.6) is 11.5 Å². The van der Waals surface area contributed by atoms with Crippen molar-refractivity contribution in [2.45, 2.75) is 11.3 Å². The minimum absolute atomic E-state index is 0.0682. The molecule has 0 bridgehead atoms. The number of carbonyl (C=O) groups excluding carboxylic acids is 2. The van der Waals surface area contributed by atoms with E-state index in [1.165, 1.54) is 10.7 Å². The van der Waals surface area contributed by atoms with E-state index in [1.807, 2.05) is 12.1 Å². The first-order valence-electron chi connectivity index (χ1n) is 9.80. The number of hydrogen-bond acceptors (Lipinski definition) is 5. The zero-order valence-corrected chi connectivity index (χ0v) is 20.7. The molecule has 0 aliphatic heterocycles.